The van der Waals surface area contributed by atoms with Gasteiger partial charge in [0.2, 0.25) is 0 Å². The van der Waals surface area contributed by atoms with Crippen LogP contribution >= 0.6 is 47.2 Å². The van der Waals surface area contributed by atoms with E-state index >= 15 is 0 Å². The number of carbonyl (C=O) groups excluding carboxylic acids is 1. The van der Waals surface area contributed by atoms with E-state index in [9.17, 15) is 4.79 Å². The number of hydrogen-bond donors (Lipinski definition) is 0. The van der Waals surface area contributed by atoms with E-state index in [1.54, 1.807) is 36.3 Å². The summed E-state index contributed by atoms with van der Waals surface area (Å²) in [6, 6.07) is 20.5. The Labute approximate surface area is 212 Å². The Morgan fingerprint density at radius 2 is 1.85 bits per heavy atom. The zero-order chi connectivity index (χ0) is 23.4. The van der Waals surface area contributed by atoms with Crippen molar-refractivity contribution in [3.05, 3.63) is 98.4 Å². The van der Waals surface area contributed by atoms with Crippen LogP contribution in [0.15, 0.2) is 71.6 Å². The van der Waals surface area contributed by atoms with E-state index in [1.165, 1.54) is 11.8 Å². The summed E-state index contributed by atoms with van der Waals surface area (Å²) >= 11 is 19.0. The molecule has 0 N–H and O–H groups in total. The van der Waals surface area contributed by atoms with Gasteiger partial charge in [0.1, 0.15) is 10.9 Å². The van der Waals surface area contributed by atoms with Gasteiger partial charge in [-0.15, -0.1) is 0 Å². The molecule has 0 radical (unpaired) electrons. The molecule has 3 aromatic carbocycles. The molecule has 0 spiro atoms. The molecule has 1 aliphatic rings. The fourth-order valence-corrected chi connectivity index (χ4v) is 5.00. The van der Waals surface area contributed by atoms with E-state index in [0.29, 0.717) is 42.9 Å². The minimum Gasteiger partial charge on any atom is -0.493 e. The molecule has 0 atom stereocenters. The van der Waals surface area contributed by atoms with Crippen LogP contribution in [0.5, 0.6) is 11.5 Å². The van der Waals surface area contributed by atoms with Crippen molar-refractivity contribution in [3.63, 3.8) is 0 Å². The molecule has 3 aromatic rings. The number of halogens is 2. The molecule has 33 heavy (non-hydrogen) atoms. The number of ether oxygens (including phenoxy) is 2. The summed E-state index contributed by atoms with van der Waals surface area (Å²) in [5, 5.41) is 1.07. The van der Waals surface area contributed by atoms with E-state index in [4.69, 9.17) is 44.9 Å². The van der Waals surface area contributed by atoms with Gasteiger partial charge in [-0.25, -0.2) is 0 Å². The molecule has 1 saturated heterocycles. The van der Waals surface area contributed by atoms with Crippen LogP contribution in [-0.2, 0) is 17.9 Å². The molecular formula is C25H19Cl2NO3S2. The minimum absolute atomic E-state index is 0.136. The standard InChI is InChI=1S/C25H19Cl2NO3S2/c1-30-21-9-5-8-17(23(21)31-15-18-10-11-19(26)13-20(18)27)12-22-24(29)28(25(32)33-22)14-16-6-3-2-4-7-16/h2-13H,14-15H2,1H3/b22-12+. The van der Waals surface area contributed by atoms with Crippen LogP contribution in [0.1, 0.15) is 16.7 Å². The van der Waals surface area contributed by atoms with Gasteiger partial charge in [0.05, 0.1) is 18.6 Å². The fraction of sp³-hybridized carbons (Fsp3) is 0.120. The van der Waals surface area contributed by atoms with E-state index in [-0.39, 0.29) is 12.5 Å². The van der Waals surface area contributed by atoms with Crippen LogP contribution in [0.4, 0.5) is 0 Å². The van der Waals surface area contributed by atoms with E-state index in [0.717, 1.165) is 11.1 Å². The maximum Gasteiger partial charge on any atom is 0.266 e. The Morgan fingerprint density at radius 3 is 2.58 bits per heavy atom. The van der Waals surface area contributed by atoms with Crippen LogP contribution < -0.4 is 9.47 Å². The van der Waals surface area contributed by atoms with Crippen molar-refractivity contribution in [2.24, 2.45) is 0 Å². The number of amides is 1. The highest BCUT2D eigenvalue weighted by atomic mass is 35.5. The molecule has 1 aliphatic heterocycles. The van der Waals surface area contributed by atoms with Crippen LogP contribution in [-0.4, -0.2) is 22.2 Å². The average molecular weight is 516 g/mol. The second kappa shape index (κ2) is 10.6. The summed E-state index contributed by atoms with van der Waals surface area (Å²) in [4.78, 5) is 15.2. The van der Waals surface area contributed by atoms with Crippen molar-refractivity contribution in [3.8, 4) is 11.5 Å². The molecule has 0 unspecified atom stereocenters. The lowest BCUT2D eigenvalue weighted by atomic mass is 10.1. The number of para-hydroxylation sites is 1. The third kappa shape index (κ3) is 5.53. The summed E-state index contributed by atoms with van der Waals surface area (Å²) in [6.45, 7) is 0.644. The first-order chi connectivity index (χ1) is 16.0. The van der Waals surface area contributed by atoms with Gasteiger partial charge in [-0.1, -0.05) is 95.7 Å². The Morgan fingerprint density at radius 1 is 1.06 bits per heavy atom. The molecule has 4 rings (SSSR count). The Bertz CT molecular complexity index is 1230. The van der Waals surface area contributed by atoms with Crippen molar-refractivity contribution >= 4 is 63.5 Å². The van der Waals surface area contributed by atoms with E-state index in [1.807, 2.05) is 48.5 Å². The van der Waals surface area contributed by atoms with Gasteiger partial charge in [-0.05, 0) is 29.8 Å². The maximum atomic E-state index is 13.1. The number of nitrogens with zero attached hydrogens (tertiary/aromatic N) is 1. The van der Waals surface area contributed by atoms with Crippen molar-refractivity contribution in [1.29, 1.82) is 0 Å². The quantitative estimate of drug-likeness (QED) is 0.250. The van der Waals surface area contributed by atoms with Gasteiger partial charge in [0.15, 0.2) is 11.5 Å². The average Bonchev–Trinajstić information content (AvgIpc) is 3.07. The second-order valence-corrected chi connectivity index (χ2v) is 9.68. The number of carbonyl (C=O) groups is 1. The predicted octanol–water partition coefficient (Wildman–Crippen LogP) is 6.98. The molecule has 8 heteroatoms. The predicted molar refractivity (Wildman–Crippen MR) is 139 cm³/mol. The molecule has 4 nitrogen and oxygen atoms in total. The third-order valence-electron chi connectivity index (χ3n) is 4.96. The number of thioether (sulfide) groups is 1. The Kier molecular flexibility index (Phi) is 7.60. The number of benzene rings is 3. The molecule has 0 aromatic heterocycles. The second-order valence-electron chi connectivity index (χ2n) is 7.16. The van der Waals surface area contributed by atoms with E-state index < -0.39 is 0 Å². The minimum atomic E-state index is -0.136. The molecule has 0 aliphatic carbocycles. The van der Waals surface area contributed by atoms with E-state index in [2.05, 4.69) is 0 Å². The largest absolute Gasteiger partial charge is 0.493 e. The lowest BCUT2D eigenvalue weighted by Gasteiger charge is -2.15. The molecule has 168 valence electrons. The number of rotatable bonds is 7. The van der Waals surface area contributed by atoms with Crippen molar-refractivity contribution in [1.82, 2.24) is 4.90 Å². The topological polar surface area (TPSA) is 38.8 Å². The first-order valence-corrected chi connectivity index (χ1v) is 12.0. The molecule has 1 fully saturated rings. The summed E-state index contributed by atoms with van der Waals surface area (Å²) < 4.78 is 12.1. The maximum absolute atomic E-state index is 13.1. The molecule has 0 bridgehead atoms. The van der Waals surface area contributed by atoms with Gasteiger partial charge >= 0.3 is 0 Å². The molecule has 1 heterocycles. The highest BCUT2D eigenvalue weighted by Gasteiger charge is 2.32. The highest BCUT2D eigenvalue weighted by Crippen LogP contribution is 2.38. The first-order valence-electron chi connectivity index (χ1n) is 9.99. The van der Waals surface area contributed by atoms with Gasteiger partial charge in [-0.3, -0.25) is 9.69 Å². The zero-order valence-corrected chi connectivity index (χ0v) is 20.7. The third-order valence-corrected chi connectivity index (χ3v) is 6.92. The number of thiocarbonyl (C=S) groups is 1. The summed E-state index contributed by atoms with van der Waals surface area (Å²) in [7, 11) is 1.57. The van der Waals surface area contributed by atoms with Crippen molar-refractivity contribution in [2.45, 2.75) is 13.2 Å². The highest BCUT2D eigenvalue weighted by molar-refractivity contribution is 8.26. The fourth-order valence-electron chi connectivity index (χ4n) is 3.29. The van der Waals surface area contributed by atoms with Gasteiger partial charge < -0.3 is 9.47 Å². The van der Waals surface area contributed by atoms with Gasteiger partial charge in [0, 0.05) is 21.2 Å². The summed E-state index contributed by atoms with van der Waals surface area (Å²) in [5.41, 5.74) is 2.51. The Hall–Kier alpha value is -2.51. The SMILES string of the molecule is COc1cccc(/C=C2/SC(=S)N(Cc3ccccc3)C2=O)c1OCc1ccc(Cl)cc1Cl. The molecule has 1 amide bonds. The Balaban J connectivity index is 1.59. The number of hydrogen-bond acceptors (Lipinski definition) is 5. The van der Waals surface area contributed by atoms with Gasteiger partial charge in [0.25, 0.3) is 5.91 Å². The first kappa shape index (κ1) is 23.6. The van der Waals surface area contributed by atoms with Crippen LogP contribution in [0.3, 0.4) is 0 Å². The van der Waals surface area contributed by atoms with Crippen LogP contribution in [0.25, 0.3) is 6.08 Å². The van der Waals surface area contributed by atoms with Crippen LogP contribution in [0, 0.1) is 0 Å². The smallest absolute Gasteiger partial charge is 0.266 e. The lowest BCUT2D eigenvalue weighted by molar-refractivity contribution is -0.122. The van der Waals surface area contributed by atoms with Crippen molar-refractivity contribution < 1.29 is 14.3 Å². The normalized spacial score (nSPS) is 14.8. The number of methoxy groups -OCH3 is 1. The summed E-state index contributed by atoms with van der Waals surface area (Å²) in [5.74, 6) is 0.927. The van der Waals surface area contributed by atoms with Crippen LogP contribution in [0.2, 0.25) is 10.0 Å². The zero-order valence-electron chi connectivity index (χ0n) is 17.6. The lowest BCUT2D eigenvalue weighted by Crippen LogP contribution is -2.27. The van der Waals surface area contributed by atoms with Crippen molar-refractivity contribution in [2.75, 3.05) is 7.11 Å². The monoisotopic (exact) mass is 515 g/mol. The van der Waals surface area contributed by atoms with Gasteiger partial charge in [-0.2, -0.15) is 0 Å². The summed E-state index contributed by atoms with van der Waals surface area (Å²) in [6.07, 6.45) is 1.78. The molecular weight excluding hydrogens is 497 g/mol. The molecule has 0 saturated carbocycles.